The van der Waals surface area contributed by atoms with Gasteiger partial charge in [-0.25, -0.2) is 0 Å². The quantitative estimate of drug-likeness (QED) is 0.647. The molecule has 0 aromatic heterocycles. The van der Waals surface area contributed by atoms with Crippen LogP contribution in [-0.2, 0) is 0 Å². The summed E-state index contributed by atoms with van der Waals surface area (Å²) in [7, 11) is 0. The van der Waals surface area contributed by atoms with Crippen molar-refractivity contribution in [3.05, 3.63) is 36.0 Å². The standard InChI is InChI=1S/C9H8N2O/c10-9(12)7-4-6-2-1-3-8(6)11-5-7/h1-5,11H,(H2,10,12). The number of carbonyl (C=O) groups is 1. The van der Waals surface area contributed by atoms with E-state index in [1.54, 1.807) is 12.3 Å². The van der Waals surface area contributed by atoms with Crippen molar-refractivity contribution in [2.45, 2.75) is 0 Å². The number of aromatic nitrogens is 1. The van der Waals surface area contributed by atoms with Gasteiger partial charge in [-0.15, -0.1) is 0 Å². The fraction of sp³-hybridized carbons (Fsp3) is 0. The van der Waals surface area contributed by atoms with Crippen LogP contribution < -0.4 is 5.73 Å². The van der Waals surface area contributed by atoms with Gasteiger partial charge in [-0.3, -0.25) is 4.79 Å². The molecule has 2 aliphatic rings. The van der Waals surface area contributed by atoms with Crippen LogP contribution in [-0.4, -0.2) is 10.9 Å². The van der Waals surface area contributed by atoms with E-state index in [-0.39, 0.29) is 0 Å². The van der Waals surface area contributed by atoms with E-state index in [2.05, 4.69) is 4.98 Å². The number of amides is 1. The third kappa shape index (κ3) is 0.955. The lowest BCUT2D eigenvalue weighted by molar-refractivity contribution is 0.1000. The first kappa shape index (κ1) is 6.91. The number of primary amides is 1. The molecule has 0 fully saturated rings. The molecule has 0 unspecified atom stereocenters. The summed E-state index contributed by atoms with van der Waals surface area (Å²) in [6.07, 6.45) is 1.62. The van der Waals surface area contributed by atoms with Gasteiger partial charge in [0.15, 0.2) is 0 Å². The molecule has 2 rings (SSSR count). The van der Waals surface area contributed by atoms with Crippen LogP contribution in [0.4, 0.5) is 0 Å². The molecule has 3 N–H and O–H groups in total. The van der Waals surface area contributed by atoms with Gasteiger partial charge in [0.25, 0.3) is 0 Å². The Kier molecular flexibility index (Phi) is 1.37. The molecule has 0 aromatic rings. The summed E-state index contributed by atoms with van der Waals surface area (Å²) in [5.74, 6) is -0.408. The molecule has 0 radical (unpaired) electrons. The van der Waals surface area contributed by atoms with E-state index in [0.717, 1.165) is 11.3 Å². The normalized spacial score (nSPS) is 10.3. The maximum absolute atomic E-state index is 10.8. The predicted molar refractivity (Wildman–Crippen MR) is 45.9 cm³/mol. The molecule has 3 heteroatoms. The van der Waals surface area contributed by atoms with Crippen LogP contribution in [0.3, 0.4) is 0 Å². The summed E-state index contributed by atoms with van der Waals surface area (Å²) >= 11 is 0. The molecule has 3 nitrogen and oxygen atoms in total. The monoisotopic (exact) mass is 160 g/mol. The number of hydrogen-bond donors (Lipinski definition) is 2. The van der Waals surface area contributed by atoms with Crippen molar-refractivity contribution in [3.63, 3.8) is 0 Å². The fourth-order valence-electron chi connectivity index (χ4n) is 1.20. The van der Waals surface area contributed by atoms with E-state index >= 15 is 0 Å². The van der Waals surface area contributed by atoms with Crippen molar-refractivity contribution in [1.82, 2.24) is 4.98 Å². The van der Waals surface area contributed by atoms with Crippen molar-refractivity contribution in [3.8, 4) is 11.3 Å². The zero-order chi connectivity index (χ0) is 8.55. The number of pyridine rings is 1. The second-order valence-corrected chi connectivity index (χ2v) is 2.65. The van der Waals surface area contributed by atoms with Crippen LogP contribution in [0.25, 0.3) is 11.3 Å². The minimum atomic E-state index is -0.408. The lowest BCUT2D eigenvalue weighted by atomic mass is 10.1. The van der Waals surface area contributed by atoms with Gasteiger partial charge in [0.1, 0.15) is 0 Å². The number of carbonyl (C=O) groups excluding carboxylic acids is 1. The largest absolute Gasteiger partial charge is 0.366 e. The van der Waals surface area contributed by atoms with Gasteiger partial charge in [-0.1, -0.05) is 12.1 Å². The summed E-state index contributed by atoms with van der Waals surface area (Å²) in [6.45, 7) is 0. The molecule has 1 aliphatic heterocycles. The number of nitrogens with one attached hydrogen (secondary N) is 1. The first-order valence-electron chi connectivity index (χ1n) is 3.64. The Labute approximate surface area is 69.5 Å². The Hall–Kier alpha value is -1.77. The molecule has 0 aromatic carbocycles. The number of fused-ring (bicyclic) bond motifs is 1. The van der Waals surface area contributed by atoms with E-state index in [1.807, 2.05) is 18.2 Å². The maximum Gasteiger partial charge on any atom is 0.250 e. The first-order valence-corrected chi connectivity index (χ1v) is 3.64. The van der Waals surface area contributed by atoms with Gasteiger partial charge < -0.3 is 10.7 Å². The molecule has 0 atom stereocenters. The minimum Gasteiger partial charge on any atom is -0.366 e. The molecular formula is C9H8N2O. The lowest BCUT2D eigenvalue weighted by Crippen LogP contribution is -2.11. The third-order valence-corrected chi connectivity index (χ3v) is 1.83. The van der Waals surface area contributed by atoms with Crippen molar-refractivity contribution < 1.29 is 4.79 Å². The second-order valence-electron chi connectivity index (χ2n) is 2.65. The summed E-state index contributed by atoms with van der Waals surface area (Å²) in [4.78, 5) is 13.7. The fourth-order valence-corrected chi connectivity index (χ4v) is 1.20. The number of hydrogen-bond acceptors (Lipinski definition) is 1. The Morgan fingerprint density at radius 2 is 2.25 bits per heavy atom. The molecule has 1 heterocycles. The number of aromatic amines is 1. The topological polar surface area (TPSA) is 58.9 Å². The van der Waals surface area contributed by atoms with E-state index in [4.69, 9.17) is 5.73 Å². The summed E-state index contributed by atoms with van der Waals surface area (Å²) in [5, 5.41) is 0. The Balaban J connectivity index is 2.62. The molecule has 0 saturated heterocycles. The van der Waals surface area contributed by atoms with Gasteiger partial charge in [-0.2, -0.15) is 0 Å². The molecule has 0 spiro atoms. The lowest BCUT2D eigenvalue weighted by Gasteiger charge is -2.00. The van der Waals surface area contributed by atoms with E-state index in [9.17, 15) is 4.79 Å². The van der Waals surface area contributed by atoms with Crippen LogP contribution >= 0.6 is 0 Å². The van der Waals surface area contributed by atoms with Gasteiger partial charge >= 0.3 is 0 Å². The Morgan fingerprint density at radius 1 is 1.42 bits per heavy atom. The minimum absolute atomic E-state index is 0.408. The smallest absolute Gasteiger partial charge is 0.250 e. The highest BCUT2D eigenvalue weighted by Crippen LogP contribution is 2.20. The van der Waals surface area contributed by atoms with Gasteiger partial charge in [0, 0.05) is 11.9 Å². The molecule has 12 heavy (non-hydrogen) atoms. The van der Waals surface area contributed by atoms with Crippen LogP contribution in [0.15, 0.2) is 30.5 Å². The third-order valence-electron chi connectivity index (χ3n) is 1.83. The Bertz CT molecular complexity index is 392. The highest BCUT2D eigenvalue weighted by atomic mass is 16.1. The summed E-state index contributed by atoms with van der Waals surface area (Å²) in [6, 6.07) is 7.57. The zero-order valence-corrected chi connectivity index (χ0v) is 6.37. The average Bonchev–Trinajstić information content (AvgIpc) is 2.49. The molecule has 0 saturated carbocycles. The van der Waals surface area contributed by atoms with Crippen molar-refractivity contribution in [2.24, 2.45) is 5.73 Å². The summed E-state index contributed by atoms with van der Waals surface area (Å²) < 4.78 is 0. The molecule has 60 valence electrons. The van der Waals surface area contributed by atoms with Gasteiger partial charge in [0.2, 0.25) is 5.91 Å². The highest BCUT2D eigenvalue weighted by Gasteiger charge is 2.05. The number of rotatable bonds is 1. The second kappa shape index (κ2) is 2.37. The van der Waals surface area contributed by atoms with Gasteiger partial charge in [0.05, 0.1) is 5.56 Å². The van der Waals surface area contributed by atoms with Gasteiger partial charge in [-0.05, 0) is 17.7 Å². The molecule has 1 aliphatic carbocycles. The molecular weight excluding hydrogens is 152 g/mol. The Morgan fingerprint density at radius 3 is 3.00 bits per heavy atom. The first-order chi connectivity index (χ1) is 5.77. The molecule has 0 bridgehead atoms. The average molecular weight is 160 g/mol. The van der Waals surface area contributed by atoms with E-state index < -0.39 is 5.91 Å². The van der Waals surface area contributed by atoms with E-state index in [0.29, 0.717) is 5.56 Å². The number of nitrogens with two attached hydrogens (primary N) is 1. The summed E-state index contributed by atoms with van der Waals surface area (Å²) in [5.41, 5.74) is 7.64. The van der Waals surface area contributed by atoms with Crippen LogP contribution in [0.2, 0.25) is 0 Å². The number of H-pyrrole nitrogens is 1. The van der Waals surface area contributed by atoms with Crippen molar-refractivity contribution >= 4 is 5.91 Å². The predicted octanol–water partition coefficient (Wildman–Crippen LogP) is 1.22. The van der Waals surface area contributed by atoms with Crippen LogP contribution in [0.1, 0.15) is 10.4 Å². The molecule has 1 amide bonds. The zero-order valence-electron chi connectivity index (χ0n) is 6.37. The van der Waals surface area contributed by atoms with Crippen LogP contribution in [0.5, 0.6) is 0 Å². The van der Waals surface area contributed by atoms with Crippen molar-refractivity contribution in [1.29, 1.82) is 0 Å². The maximum atomic E-state index is 10.8. The highest BCUT2D eigenvalue weighted by molar-refractivity contribution is 5.93. The van der Waals surface area contributed by atoms with Crippen molar-refractivity contribution in [2.75, 3.05) is 0 Å². The van der Waals surface area contributed by atoms with E-state index in [1.165, 1.54) is 0 Å². The SMILES string of the molecule is NC(=O)c1c[nH]c2cccc-2c1. The van der Waals surface area contributed by atoms with Crippen LogP contribution in [0, 0.1) is 0 Å².